The first-order valence-corrected chi connectivity index (χ1v) is 5.50. The van der Waals surface area contributed by atoms with Crippen molar-refractivity contribution in [2.75, 3.05) is 0 Å². The highest BCUT2D eigenvalue weighted by Crippen LogP contribution is 2.36. The van der Waals surface area contributed by atoms with E-state index in [1.165, 1.54) is 6.07 Å². The van der Waals surface area contributed by atoms with Gasteiger partial charge in [0.05, 0.1) is 11.7 Å². The molecule has 0 bridgehead atoms. The number of carbonyl (C=O) groups is 1. The fourth-order valence-electron chi connectivity index (χ4n) is 2.01. The highest BCUT2D eigenvalue weighted by Gasteiger charge is 2.33. The first kappa shape index (κ1) is 12.9. The number of nitrogens with two attached hydrogens (primary N) is 1. The number of ether oxygens (including phenoxy) is 1. The first-order valence-electron chi connectivity index (χ1n) is 5.50. The lowest BCUT2D eigenvalue weighted by molar-refractivity contribution is -0.138. The van der Waals surface area contributed by atoms with E-state index < -0.39 is 29.9 Å². The Morgan fingerprint density at radius 2 is 2.06 bits per heavy atom. The molecule has 1 heterocycles. The average Bonchev–Trinajstić information content (AvgIpc) is 2.77. The van der Waals surface area contributed by atoms with E-state index in [4.69, 9.17) is 10.5 Å². The quantitative estimate of drug-likeness (QED) is 0.886. The van der Waals surface area contributed by atoms with Gasteiger partial charge in [0.15, 0.2) is 0 Å². The van der Waals surface area contributed by atoms with Gasteiger partial charge in [0, 0.05) is 0 Å². The maximum atomic E-state index is 12.5. The molecule has 0 unspecified atom stereocenters. The van der Waals surface area contributed by atoms with E-state index >= 15 is 0 Å². The number of primary amides is 1. The largest absolute Gasteiger partial charge is 0.416 e. The second-order valence-corrected chi connectivity index (χ2v) is 4.22. The summed E-state index contributed by atoms with van der Waals surface area (Å²) in [6, 6.07) is 4.94. The molecule has 0 radical (unpaired) electrons. The summed E-state index contributed by atoms with van der Waals surface area (Å²) in [6.45, 7) is 0. The molecule has 1 aliphatic rings. The zero-order chi connectivity index (χ0) is 13.3. The number of alkyl halides is 3. The third-order valence-corrected chi connectivity index (χ3v) is 2.92. The van der Waals surface area contributed by atoms with Crippen molar-refractivity contribution < 1.29 is 22.7 Å². The van der Waals surface area contributed by atoms with Gasteiger partial charge in [-0.25, -0.2) is 0 Å². The van der Waals surface area contributed by atoms with Crippen LogP contribution in [0.1, 0.15) is 30.1 Å². The molecular weight excluding hydrogens is 247 g/mol. The zero-order valence-electron chi connectivity index (χ0n) is 9.41. The van der Waals surface area contributed by atoms with Crippen molar-refractivity contribution in [3.05, 3.63) is 35.4 Å². The lowest BCUT2D eigenvalue weighted by atomic mass is 10.0. The van der Waals surface area contributed by atoms with Crippen molar-refractivity contribution >= 4 is 5.91 Å². The molecule has 0 saturated carbocycles. The molecule has 1 aromatic carbocycles. The molecule has 2 rings (SSSR count). The molecule has 1 aliphatic heterocycles. The van der Waals surface area contributed by atoms with Gasteiger partial charge in [-0.05, 0) is 30.5 Å². The van der Waals surface area contributed by atoms with Crippen molar-refractivity contribution in [3.8, 4) is 0 Å². The molecule has 2 N–H and O–H groups in total. The lowest BCUT2D eigenvalue weighted by Gasteiger charge is -2.14. The molecule has 0 aliphatic carbocycles. The molecule has 6 heteroatoms. The van der Waals surface area contributed by atoms with Crippen LogP contribution < -0.4 is 5.73 Å². The third-order valence-electron chi connectivity index (χ3n) is 2.92. The molecule has 1 saturated heterocycles. The van der Waals surface area contributed by atoms with Gasteiger partial charge in [-0.1, -0.05) is 12.1 Å². The highest BCUT2D eigenvalue weighted by atomic mass is 19.4. The number of hydrogen-bond donors (Lipinski definition) is 1. The van der Waals surface area contributed by atoms with Crippen LogP contribution in [0.15, 0.2) is 24.3 Å². The van der Waals surface area contributed by atoms with Crippen molar-refractivity contribution in [1.82, 2.24) is 0 Å². The zero-order valence-corrected chi connectivity index (χ0v) is 9.41. The number of carbonyl (C=O) groups excluding carboxylic acids is 1. The number of benzene rings is 1. The van der Waals surface area contributed by atoms with Crippen LogP contribution in [0, 0.1) is 0 Å². The van der Waals surface area contributed by atoms with Gasteiger partial charge in [0.25, 0.3) is 0 Å². The van der Waals surface area contributed by atoms with Crippen LogP contribution in [0.3, 0.4) is 0 Å². The molecule has 3 nitrogen and oxygen atoms in total. The monoisotopic (exact) mass is 259 g/mol. The fraction of sp³-hybridized carbons (Fsp3) is 0.417. The summed E-state index contributed by atoms with van der Waals surface area (Å²) in [5.74, 6) is -0.579. The van der Waals surface area contributed by atoms with Gasteiger partial charge in [-0.3, -0.25) is 4.79 Å². The van der Waals surface area contributed by atoms with E-state index in [1.807, 2.05) is 0 Å². The second-order valence-electron chi connectivity index (χ2n) is 4.22. The van der Waals surface area contributed by atoms with E-state index in [-0.39, 0.29) is 0 Å². The normalized spacial score (nSPS) is 24.2. The van der Waals surface area contributed by atoms with Crippen LogP contribution in [0.2, 0.25) is 0 Å². The van der Waals surface area contributed by atoms with Gasteiger partial charge in [0.1, 0.15) is 6.10 Å². The summed E-state index contributed by atoms with van der Waals surface area (Å²) in [5.41, 5.74) is 4.80. The Morgan fingerprint density at radius 3 is 2.61 bits per heavy atom. The summed E-state index contributed by atoms with van der Waals surface area (Å²) in [5, 5.41) is 0. The Kier molecular flexibility index (Phi) is 3.30. The van der Waals surface area contributed by atoms with Crippen molar-refractivity contribution in [2.24, 2.45) is 5.73 Å². The lowest BCUT2D eigenvalue weighted by Crippen LogP contribution is -2.27. The Bertz CT molecular complexity index is 459. The van der Waals surface area contributed by atoms with Crippen molar-refractivity contribution in [3.63, 3.8) is 0 Å². The van der Waals surface area contributed by atoms with E-state index in [0.29, 0.717) is 18.4 Å². The molecule has 18 heavy (non-hydrogen) atoms. The molecule has 0 aromatic heterocycles. The van der Waals surface area contributed by atoms with E-state index in [9.17, 15) is 18.0 Å². The Labute approximate surface area is 102 Å². The Balaban J connectivity index is 2.18. The first-order chi connectivity index (χ1) is 8.38. The minimum atomic E-state index is -4.38. The maximum absolute atomic E-state index is 12.5. The fourth-order valence-corrected chi connectivity index (χ4v) is 2.01. The second kappa shape index (κ2) is 4.61. The van der Waals surface area contributed by atoms with Gasteiger partial charge in [-0.15, -0.1) is 0 Å². The average molecular weight is 259 g/mol. The predicted molar refractivity (Wildman–Crippen MR) is 57.5 cm³/mol. The van der Waals surface area contributed by atoms with E-state index in [2.05, 4.69) is 0 Å². The number of amides is 1. The molecule has 1 amide bonds. The summed E-state index contributed by atoms with van der Waals surface area (Å²) in [6.07, 6.45) is -4.64. The van der Waals surface area contributed by atoms with Crippen LogP contribution in [0.4, 0.5) is 13.2 Å². The standard InChI is InChI=1S/C12H12F3NO2/c13-12(14,15)8-3-1-2-7(6-8)9-4-5-10(18-9)11(16)17/h1-3,6,9-10H,4-5H2,(H2,16,17)/t9-,10-/m1/s1. The van der Waals surface area contributed by atoms with Crippen LogP contribution in [-0.4, -0.2) is 12.0 Å². The molecular formula is C12H12F3NO2. The molecule has 0 spiro atoms. The minimum Gasteiger partial charge on any atom is -0.367 e. The van der Waals surface area contributed by atoms with Crippen LogP contribution in [0.25, 0.3) is 0 Å². The Hall–Kier alpha value is -1.56. The van der Waals surface area contributed by atoms with Crippen LogP contribution in [-0.2, 0) is 15.7 Å². The van der Waals surface area contributed by atoms with Crippen LogP contribution >= 0.6 is 0 Å². The molecule has 1 fully saturated rings. The topological polar surface area (TPSA) is 52.3 Å². The maximum Gasteiger partial charge on any atom is 0.416 e. The highest BCUT2D eigenvalue weighted by molar-refractivity contribution is 5.79. The van der Waals surface area contributed by atoms with Gasteiger partial charge in [-0.2, -0.15) is 13.2 Å². The number of rotatable bonds is 2. The molecule has 98 valence electrons. The minimum absolute atomic E-state index is 0.425. The summed E-state index contributed by atoms with van der Waals surface area (Å²) in [7, 11) is 0. The predicted octanol–water partition coefficient (Wildman–Crippen LogP) is 2.41. The smallest absolute Gasteiger partial charge is 0.367 e. The molecule has 1 aromatic rings. The van der Waals surface area contributed by atoms with E-state index in [0.717, 1.165) is 12.1 Å². The van der Waals surface area contributed by atoms with Crippen molar-refractivity contribution in [1.29, 1.82) is 0 Å². The Morgan fingerprint density at radius 1 is 1.33 bits per heavy atom. The van der Waals surface area contributed by atoms with Gasteiger partial charge >= 0.3 is 6.18 Å². The van der Waals surface area contributed by atoms with Gasteiger partial charge in [0.2, 0.25) is 5.91 Å². The third kappa shape index (κ3) is 2.64. The molecule has 2 atom stereocenters. The summed E-state index contributed by atoms with van der Waals surface area (Å²) in [4.78, 5) is 10.9. The van der Waals surface area contributed by atoms with Crippen molar-refractivity contribution in [2.45, 2.75) is 31.2 Å². The van der Waals surface area contributed by atoms with Crippen LogP contribution in [0.5, 0.6) is 0 Å². The van der Waals surface area contributed by atoms with E-state index in [1.54, 1.807) is 6.07 Å². The SMILES string of the molecule is NC(=O)[C@H]1CC[C@H](c2cccc(C(F)(F)F)c2)O1. The number of halogens is 3. The van der Waals surface area contributed by atoms with Gasteiger partial charge < -0.3 is 10.5 Å². The summed E-state index contributed by atoms with van der Waals surface area (Å²) < 4.78 is 43.0. The number of hydrogen-bond acceptors (Lipinski definition) is 2. The summed E-state index contributed by atoms with van der Waals surface area (Å²) >= 11 is 0.